The van der Waals surface area contributed by atoms with E-state index in [0.717, 1.165) is 29.8 Å². The standard InChI is InChI=1S/C14H19NO3/c1-3-10(8-16)6-11-4-5-13-12(7-11)15(2)14(17)9-18-13/h4-5,7,10,16H,3,6,8-9H2,1-2H3. The van der Waals surface area contributed by atoms with Crippen molar-refractivity contribution in [1.29, 1.82) is 0 Å². The lowest BCUT2D eigenvalue weighted by molar-refractivity contribution is -0.120. The van der Waals surface area contributed by atoms with Gasteiger partial charge in [0.1, 0.15) is 5.75 Å². The lowest BCUT2D eigenvalue weighted by Crippen LogP contribution is -2.35. The highest BCUT2D eigenvalue weighted by atomic mass is 16.5. The van der Waals surface area contributed by atoms with E-state index in [1.807, 2.05) is 18.2 Å². The number of aliphatic hydroxyl groups is 1. The number of ether oxygens (including phenoxy) is 1. The van der Waals surface area contributed by atoms with E-state index >= 15 is 0 Å². The number of amides is 1. The van der Waals surface area contributed by atoms with Gasteiger partial charge in [0.15, 0.2) is 6.61 Å². The van der Waals surface area contributed by atoms with Crippen LogP contribution in [-0.4, -0.2) is 31.3 Å². The molecular formula is C14H19NO3. The van der Waals surface area contributed by atoms with Gasteiger partial charge in [-0.05, 0) is 30.0 Å². The maximum absolute atomic E-state index is 11.6. The fourth-order valence-corrected chi connectivity index (χ4v) is 2.12. The smallest absolute Gasteiger partial charge is 0.264 e. The van der Waals surface area contributed by atoms with Gasteiger partial charge in [-0.3, -0.25) is 4.79 Å². The van der Waals surface area contributed by atoms with Gasteiger partial charge >= 0.3 is 0 Å². The van der Waals surface area contributed by atoms with Crippen LogP contribution in [0.1, 0.15) is 18.9 Å². The first-order valence-corrected chi connectivity index (χ1v) is 6.28. The van der Waals surface area contributed by atoms with Gasteiger partial charge in [-0.15, -0.1) is 0 Å². The molecule has 0 aliphatic carbocycles. The zero-order valence-electron chi connectivity index (χ0n) is 10.8. The highest BCUT2D eigenvalue weighted by Crippen LogP contribution is 2.32. The molecule has 2 rings (SSSR count). The molecule has 0 spiro atoms. The predicted molar refractivity (Wildman–Crippen MR) is 69.9 cm³/mol. The molecule has 1 aliphatic rings. The van der Waals surface area contributed by atoms with Gasteiger partial charge in [0.2, 0.25) is 0 Å². The Kier molecular flexibility index (Phi) is 3.87. The van der Waals surface area contributed by atoms with Gasteiger partial charge in [0.25, 0.3) is 5.91 Å². The fraction of sp³-hybridized carbons (Fsp3) is 0.500. The van der Waals surface area contributed by atoms with Gasteiger partial charge in [-0.2, -0.15) is 0 Å². The average molecular weight is 249 g/mol. The molecular weight excluding hydrogens is 230 g/mol. The van der Waals surface area contributed by atoms with E-state index in [1.165, 1.54) is 0 Å². The van der Waals surface area contributed by atoms with Crippen molar-refractivity contribution in [2.24, 2.45) is 5.92 Å². The van der Waals surface area contributed by atoms with E-state index in [-0.39, 0.29) is 25.0 Å². The zero-order chi connectivity index (χ0) is 13.1. The van der Waals surface area contributed by atoms with Crippen molar-refractivity contribution in [3.63, 3.8) is 0 Å². The first kappa shape index (κ1) is 12.9. The van der Waals surface area contributed by atoms with Crippen LogP contribution in [0.25, 0.3) is 0 Å². The molecule has 0 saturated carbocycles. The number of aliphatic hydroxyl groups excluding tert-OH is 1. The number of carbonyl (C=O) groups is 1. The van der Waals surface area contributed by atoms with Gasteiger partial charge < -0.3 is 14.7 Å². The van der Waals surface area contributed by atoms with E-state index < -0.39 is 0 Å². The van der Waals surface area contributed by atoms with Crippen LogP contribution in [0.4, 0.5) is 5.69 Å². The molecule has 1 N–H and O–H groups in total. The molecule has 0 aromatic heterocycles. The molecule has 4 nitrogen and oxygen atoms in total. The summed E-state index contributed by atoms with van der Waals surface area (Å²) < 4.78 is 5.38. The minimum atomic E-state index is -0.0335. The summed E-state index contributed by atoms with van der Waals surface area (Å²) in [6.45, 7) is 2.37. The molecule has 1 heterocycles. The fourth-order valence-electron chi connectivity index (χ4n) is 2.12. The maximum atomic E-state index is 11.6. The van der Waals surface area contributed by atoms with Crippen molar-refractivity contribution in [1.82, 2.24) is 0 Å². The molecule has 1 aliphatic heterocycles. The summed E-state index contributed by atoms with van der Waals surface area (Å²) in [7, 11) is 1.76. The Bertz CT molecular complexity index is 441. The average Bonchev–Trinajstić information content (AvgIpc) is 2.40. The molecule has 0 saturated heterocycles. The van der Waals surface area contributed by atoms with Crippen molar-refractivity contribution >= 4 is 11.6 Å². The molecule has 4 heteroatoms. The third-order valence-electron chi connectivity index (χ3n) is 3.47. The second-order valence-corrected chi connectivity index (χ2v) is 4.70. The van der Waals surface area contributed by atoms with Crippen molar-refractivity contribution in [2.45, 2.75) is 19.8 Å². The summed E-state index contributed by atoms with van der Waals surface area (Å²) in [6.07, 6.45) is 1.77. The Morgan fingerprint density at radius 3 is 2.94 bits per heavy atom. The number of carbonyl (C=O) groups excluding carboxylic acids is 1. The van der Waals surface area contributed by atoms with Gasteiger partial charge in [0, 0.05) is 13.7 Å². The van der Waals surface area contributed by atoms with Gasteiger partial charge in [-0.25, -0.2) is 0 Å². The second-order valence-electron chi connectivity index (χ2n) is 4.70. The van der Waals surface area contributed by atoms with Crippen LogP contribution in [0.15, 0.2) is 18.2 Å². The summed E-state index contributed by atoms with van der Waals surface area (Å²) in [5.41, 5.74) is 1.94. The molecule has 1 amide bonds. The van der Waals surface area contributed by atoms with E-state index in [2.05, 4.69) is 6.92 Å². The SMILES string of the molecule is CCC(CO)Cc1ccc2c(c1)N(C)C(=O)CO2. The number of anilines is 1. The Morgan fingerprint density at radius 2 is 2.28 bits per heavy atom. The van der Waals surface area contributed by atoms with E-state index in [4.69, 9.17) is 4.74 Å². The number of rotatable bonds is 4. The van der Waals surface area contributed by atoms with E-state index in [9.17, 15) is 9.90 Å². The van der Waals surface area contributed by atoms with Gasteiger partial charge in [-0.1, -0.05) is 19.4 Å². The summed E-state index contributed by atoms with van der Waals surface area (Å²) in [4.78, 5) is 13.2. The first-order valence-electron chi connectivity index (χ1n) is 6.28. The zero-order valence-corrected chi connectivity index (χ0v) is 10.8. The minimum absolute atomic E-state index is 0.0335. The highest BCUT2D eigenvalue weighted by Gasteiger charge is 2.22. The topological polar surface area (TPSA) is 49.8 Å². The van der Waals surface area contributed by atoms with Crippen LogP contribution < -0.4 is 9.64 Å². The third kappa shape index (κ3) is 2.48. The number of hydrogen-bond acceptors (Lipinski definition) is 3. The number of benzene rings is 1. The van der Waals surface area contributed by atoms with Crippen LogP contribution in [-0.2, 0) is 11.2 Å². The molecule has 0 radical (unpaired) electrons. The van der Waals surface area contributed by atoms with Crippen LogP contribution in [0.3, 0.4) is 0 Å². The Labute approximate surface area is 107 Å². The van der Waals surface area contributed by atoms with E-state index in [0.29, 0.717) is 0 Å². The molecule has 1 unspecified atom stereocenters. The molecule has 1 atom stereocenters. The maximum Gasteiger partial charge on any atom is 0.264 e. The van der Waals surface area contributed by atoms with Crippen LogP contribution in [0.2, 0.25) is 0 Å². The predicted octanol–water partition coefficient (Wildman–Crippen LogP) is 1.60. The molecule has 0 bridgehead atoms. The lowest BCUT2D eigenvalue weighted by Gasteiger charge is -2.26. The first-order chi connectivity index (χ1) is 8.65. The van der Waals surface area contributed by atoms with Crippen molar-refractivity contribution in [3.8, 4) is 5.75 Å². The Morgan fingerprint density at radius 1 is 1.50 bits per heavy atom. The minimum Gasteiger partial charge on any atom is -0.482 e. The number of nitrogens with zero attached hydrogens (tertiary/aromatic N) is 1. The van der Waals surface area contributed by atoms with Crippen molar-refractivity contribution < 1.29 is 14.6 Å². The highest BCUT2D eigenvalue weighted by molar-refractivity contribution is 5.97. The lowest BCUT2D eigenvalue weighted by atomic mass is 9.97. The summed E-state index contributed by atoms with van der Waals surface area (Å²) in [6, 6.07) is 5.88. The number of fused-ring (bicyclic) bond motifs is 1. The molecule has 1 aromatic carbocycles. The molecule has 98 valence electrons. The van der Waals surface area contributed by atoms with Crippen LogP contribution >= 0.6 is 0 Å². The van der Waals surface area contributed by atoms with Crippen LogP contribution in [0, 0.1) is 5.92 Å². The molecule has 1 aromatic rings. The summed E-state index contributed by atoms with van der Waals surface area (Å²) >= 11 is 0. The normalized spacial score (nSPS) is 16.2. The van der Waals surface area contributed by atoms with Crippen molar-refractivity contribution in [3.05, 3.63) is 23.8 Å². The molecule has 0 fully saturated rings. The number of hydrogen-bond donors (Lipinski definition) is 1. The molecule has 18 heavy (non-hydrogen) atoms. The number of likely N-dealkylation sites (N-methyl/N-ethyl adjacent to an activating group) is 1. The summed E-state index contributed by atoms with van der Waals surface area (Å²) in [5, 5.41) is 9.23. The Hall–Kier alpha value is -1.55. The second kappa shape index (κ2) is 5.40. The largest absolute Gasteiger partial charge is 0.482 e. The monoisotopic (exact) mass is 249 g/mol. The Balaban J connectivity index is 2.23. The van der Waals surface area contributed by atoms with Crippen molar-refractivity contribution in [2.75, 3.05) is 25.2 Å². The van der Waals surface area contributed by atoms with E-state index in [1.54, 1.807) is 11.9 Å². The third-order valence-corrected chi connectivity index (χ3v) is 3.47. The quantitative estimate of drug-likeness (QED) is 0.881. The van der Waals surface area contributed by atoms with Crippen LogP contribution in [0.5, 0.6) is 5.75 Å². The summed E-state index contributed by atoms with van der Waals surface area (Å²) in [5.74, 6) is 0.986. The van der Waals surface area contributed by atoms with Gasteiger partial charge in [0.05, 0.1) is 5.69 Å².